The number of rotatable bonds is 3. The molecule has 146 valence electrons. The SMILES string of the molecule is O=C(c1cc(=O)c2ccccc2o1)N1CCC[C@@H](c2nnc(-c3ccsc3)o2)C1. The Labute approximate surface area is 169 Å². The highest BCUT2D eigenvalue weighted by Gasteiger charge is 2.30. The summed E-state index contributed by atoms with van der Waals surface area (Å²) in [5.74, 6) is 0.739. The smallest absolute Gasteiger partial charge is 0.289 e. The van der Waals surface area contributed by atoms with Crippen molar-refractivity contribution in [1.29, 1.82) is 0 Å². The predicted octanol–water partition coefficient (Wildman–Crippen LogP) is 3.92. The first-order valence-corrected chi connectivity index (χ1v) is 10.3. The molecule has 0 spiro atoms. The summed E-state index contributed by atoms with van der Waals surface area (Å²) >= 11 is 1.57. The Morgan fingerprint density at radius 3 is 2.93 bits per heavy atom. The first-order chi connectivity index (χ1) is 14.2. The second kappa shape index (κ2) is 7.29. The van der Waals surface area contributed by atoms with E-state index in [0.717, 1.165) is 18.4 Å². The molecule has 4 heterocycles. The van der Waals surface area contributed by atoms with Crippen molar-refractivity contribution in [3.8, 4) is 11.5 Å². The van der Waals surface area contributed by atoms with Crippen LogP contribution in [0.1, 0.15) is 35.2 Å². The molecule has 3 aromatic heterocycles. The summed E-state index contributed by atoms with van der Waals surface area (Å²) in [7, 11) is 0. The summed E-state index contributed by atoms with van der Waals surface area (Å²) in [6.07, 6.45) is 1.67. The lowest BCUT2D eigenvalue weighted by molar-refractivity contribution is 0.0667. The second-order valence-electron chi connectivity index (χ2n) is 7.02. The highest BCUT2D eigenvalue weighted by Crippen LogP contribution is 2.29. The number of thiophene rings is 1. The molecule has 0 saturated carbocycles. The zero-order chi connectivity index (χ0) is 19.8. The van der Waals surface area contributed by atoms with Crippen molar-refractivity contribution in [2.45, 2.75) is 18.8 Å². The molecule has 1 aromatic carbocycles. The summed E-state index contributed by atoms with van der Waals surface area (Å²) in [5.41, 5.74) is 1.09. The second-order valence-corrected chi connectivity index (χ2v) is 7.80. The van der Waals surface area contributed by atoms with Crippen LogP contribution in [0.25, 0.3) is 22.4 Å². The van der Waals surface area contributed by atoms with Crippen molar-refractivity contribution < 1.29 is 13.6 Å². The van der Waals surface area contributed by atoms with Gasteiger partial charge in [0, 0.05) is 30.1 Å². The average Bonchev–Trinajstić information content (AvgIpc) is 3.45. The molecule has 0 radical (unpaired) electrons. The van der Waals surface area contributed by atoms with Gasteiger partial charge in [-0.15, -0.1) is 10.2 Å². The van der Waals surface area contributed by atoms with Crippen molar-refractivity contribution in [2.75, 3.05) is 13.1 Å². The van der Waals surface area contributed by atoms with Crippen LogP contribution in [0.15, 0.2) is 60.8 Å². The lowest BCUT2D eigenvalue weighted by atomic mass is 9.98. The third-order valence-corrected chi connectivity index (χ3v) is 5.80. The van der Waals surface area contributed by atoms with Crippen LogP contribution in [-0.2, 0) is 0 Å². The zero-order valence-electron chi connectivity index (χ0n) is 15.4. The van der Waals surface area contributed by atoms with Crippen molar-refractivity contribution in [3.63, 3.8) is 0 Å². The van der Waals surface area contributed by atoms with Gasteiger partial charge in [-0.3, -0.25) is 9.59 Å². The largest absolute Gasteiger partial charge is 0.451 e. The molecule has 7 nitrogen and oxygen atoms in total. The quantitative estimate of drug-likeness (QED) is 0.511. The van der Waals surface area contributed by atoms with Crippen LogP contribution in [-0.4, -0.2) is 34.1 Å². The number of carbonyl (C=O) groups excluding carboxylic acids is 1. The van der Waals surface area contributed by atoms with Gasteiger partial charge in [0.2, 0.25) is 11.8 Å². The van der Waals surface area contributed by atoms with Crippen LogP contribution in [0.4, 0.5) is 0 Å². The van der Waals surface area contributed by atoms with Gasteiger partial charge >= 0.3 is 0 Å². The molecule has 0 bridgehead atoms. The van der Waals surface area contributed by atoms with Crippen LogP contribution in [0.3, 0.4) is 0 Å². The molecule has 29 heavy (non-hydrogen) atoms. The molecular weight excluding hydrogens is 390 g/mol. The van der Waals surface area contributed by atoms with Crippen LogP contribution in [0, 0.1) is 0 Å². The minimum Gasteiger partial charge on any atom is -0.451 e. The molecular formula is C21H17N3O4S. The third kappa shape index (κ3) is 3.36. The van der Waals surface area contributed by atoms with Gasteiger partial charge in [0.15, 0.2) is 11.2 Å². The summed E-state index contributed by atoms with van der Waals surface area (Å²) < 4.78 is 11.6. The molecule has 5 rings (SSSR count). The first kappa shape index (κ1) is 17.8. The molecule has 1 aliphatic rings. The maximum Gasteiger partial charge on any atom is 0.289 e. The Hall–Kier alpha value is -3.26. The van der Waals surface area contributed by atoms with Crippen molar-refractivity contribution in [2.24, 2.45) is 0 Å². The van der Waals surface area contributed by atoms with Gasteiger partial charge < -0.3 is 13.7 Å². The van der Waals surface area contributed by atoms with Crippen molar-refractivity contribution in [3.05, 3.63) is 69.0 Å². The van der Waals surface area contributed by atoms with Crippen LogP contribution in [0.2, 0.25) is 0 Å². The topological polar surface area (TPSA) is 89.4 Å². The number of hydrogen-bond donors (Lipinski definition) is 0. The maximum atomic E-state index is 13.0. The number of benzene rings is 1. The Balaban J connectivity index is 1.38. The number of piperidine rings is 1. The Kier molecular flexibility index (Phi) is 4.48. The van der Waals surface area contributed by atoms with E-state index in [1.807, 2.05) is 16.8 Å². The molecule has 0 aliphatic carbocycles. The minimum absolute atomic E-state index is 0.0419. The van der Waals surface area contributed by atoms with Crippen LogP contribution >= 0.6 is 11.3 Å². The van der Waals surface area contributed by atoms with E-state index in [-0.39, 0.29) is 23.0 Å². The Bertz CT molecular complexity index is 1230. The third-order valence-electron chi connectivity index (χ3n) is 5.11. The number of para-hydroxylation sites is 1. The van der Waals surface area contributed by atoms with E-state index in [0.29, 0.717) is 35.8 Å². The predicted molar refractivity (Wildman–Crippen MR) is 108 cm³/mol. The number of carbonyl (C=O) groups is 1. The summed E-state index contributed by atoms with van der Waals surface area (Å²) in [5, 5.41) is 12.7. The van der Waals surface area contributed by atoms with E-state index in [1.54, 1.807) is 40.5 Å². The van der Waals surface area contributed by atoms with E-state index in [1.165, 1.54) is 6.07 Å². The molecule has 1 amide bonds. The molecule has 1 saturated heterocycles. The maximum absolute atomic E-state index is 13.0. The summed E-state index contributed by atoms with van der Waals surface area (Å²) in [4.78, 5) is 27.0. The number of fused-ring (bicyclic) bond motifs is 1. The van der Waals surface area contributed by atoms with Crippen molar-refractivity contribution >= 4 is 28.2 Å². The molecule has 1 atom stereocenters. The van der Waals surface area contributed by atoms with Gasteiger partial charge in [-0.2, -0.15) is 11.3 Å². The Morgan fingerprint density at radius 1 is 1.17 bits per heavy atom. The van der Waals surface area contributed by atoms with E-state index in [2.05, 4.69) is 10.2 Å². The lowest BCUT2D eigenvalue weighted by Crippen LogP contribution is -2.39. The van der Waals surface area contributed by atoms with Crippen LogP contribution in [0.5, 0.6) is 0 Å². The van der Waals surface area contributed by atoms with E-state index in [9.17, 15) is 9.59 Å². The first-order valence-electron chi connectivity index (χ1n) is 9.37. The fourth-order valence-electron chi connectivity index (χ4n) is 3.63. The minimum atomic E-state index is -0.296. The standard InChI is InChI=1S/C21H17N3O4S/c25-16-10-18(27-17-6-2-1-5-15(16)17)21(26)24-8-3-4-13(11-24)19-22-23-20(28-19)14-7-9-29-12-14/h1-2,5-7,9-10,12-13H,3-4,8,11H2/t13-/m1/s1. The highest BCUT2D eigenvalue weighted by molar-refractivity contribution is 7.08. The monoisotopic (exact) mass is 407 g/mol. The molecule has 4 aromatic rings. The summed E-state index contributed by atoms with van der Waals surface area (Å²) in [6.45, 7) is 1.04. The molecule has 8 heteroatoms. The van der Waals surface area contributed by atoms with E-state index in [4.69, 9.17) is 8.83 Å². The number of amides is 1. The number of aromatic nitrogens is 2. The molecule has 0 N–H and O–H groups in total. The van der Waals surface area contributed by atoms with Gasteiger partial charge in [-0.05, 0) is 36.4 Å². The Morgan fingerprint density at radius 2 is 2.07 bits per heavy atom. The van der Waals surface area contributed by atoms with Gasteiger partial charge in [0.05, 0.1) is 11.3 Å². The highest BCUT2D eigenvalue weighted by atomic mass is 32.1. The number of hydrogen-bond acceptors (Lipinski definition) is 7. The van der Waals surface area contributed by atoms with Gasteiger partial charge in [0.1, 0.15) is 5.58 Å². The fraction of sp³-hybridized carbons (Fsp3) is 0.238. The molecule has 0 unspecified atom stereocenters. The average molecular weight is 407 g/mol. The van der Waals surface area contributed by atoms with Gasteiger partial charge in [-0.25, -0.2) is 0 Å². The summed E-state index contributed by atoms with van der Waals surface area (Å²) in [6, 6.07) is 10.1. The van der Waals surface area contributed by atoms with Crippen LogP contribution < -0.4 is 5.43 Å². The number of nitrogens with zero attached hydrogens (tertiary/aromatic N) is 3. The van der Waals surface area contributed by atoms with E-state index >= 15 is 0 Å². The van der Waals surface area contributed by atoms with Gasteiger partial charge in [-0.1, -0.05) is 12.1 Å². The van der Waals surface area contributed by atoms with E-state index < -0.39 is 0 Å². The molecule has 1 aliphatic heterocycles. The lowest BCUT2D eigenvalue weighted by Gasteiger charge is -2.30. The van der Waals surface area contributed by atoms with Crippen molar-refractivity contribution in [1.82, 2.24) is 15.1 Å². The number of likely N-dealkylation sites (tertiary alicyclic amines) is 1. The fourth-order valence-corrected chi connectivity index (χ4v) is 4.26. The normalized spacial score (nSPS) is 17.0. The van der Waals surface area contributed by atoms with Gasteiger partial charge in [0.25, 0.3) is 5.91 Å². The zero-order valence-corrected chi connectivity index (χ0v) is 16.2. The molecule has 1 fully saturated rings.